The van der Waals surface area contributed by atoms with Crippen LogP contribution in [0.4, 0.5) is 0 Å². The van der Waals surface area contributed by atoms with Crippen LogP contribution in [0.3, 0.4) is 0 Å². The molecule has 5 heteroatoms. The standard InChI is InChI=1S/C21H42O4Si/c1-6-18-26(23-4,24-5)19-16-14-12-10-8-7-9-11-13-15-17-25-21(22)20(2)3/h2,6-19H2,1,3-5H3. The van der Waals surface area contributed by atoms with Crippen molar-refractivity contribution in [2.24, 2.45) is 0 Å². The molecule has 0 amide bonds. The molecule has 0 spiro atoms. The fraction of sp³-hybridized carbons (Fsp3) is 0.857. The second-order valence-corrected chi connectivity index (χ2v) is 10.9. The van der Waals surface area contributed by atoms with Gasteiger partial charge in [0.05, 0.1) is 6.61 Å². The van der Waals surface area contributed by atoms with Crippen molar-refractivity contribution in [2.75, 3.05) is 20.8 Å². The first kappa shape index (κ1) is 25.3. The molecule has 0 unspecified atom stereocenters. The van der Waals surface area contributed by atoms with Gasteiger partial charge in [-0.2, -0.15) is 0 Å². The second-order valence-electron chi connectivity index (χ2n) is 7.27. The summed E-state index contributed by atoms with van der Waals surface area (Å²) in [4.78, 5) is 11.2. The first-order valence-corrected chi connectivity index (χ1v) is 12.7. The molecule has 0 saturated heterocycles. The van der Waals surface area contributed by atoms with E-state index in [2.05, 4.69) is 13.5 Å². The van der Waals surface area contributed by atoms with Crippen LogP contribution in [0, 0.1) is 0 Å². The Kier molecular flexibility index (Phi) is 16.1. The van der Waals surface area contributed by atoms with Gasteiger partial charge in [0.15, 0.2) is 0 Å². The van der Waals surface area contributed by atoms with E-state index in [-0.39, 0.29) is 5.97 Å². The predicted molar refractivity (Wildman–Crippen MR) is 112 cm³/mol. The number of ether oxygens (including phenoxy) is 1. The Labute approximate surface area is 162 Å². The minimum Gasteiger partial charge on any atom is -0.462 e. The number of hydrogen-bond donors (Lipinski definition) is 0. The third kappa shape index (κ3) is 12.7. The topological polar surface area (TPSA) is 44.8 Å². The zero-order chi connectivity index (χ0) is 19.7. The normalized spacial score (nSPS) is 11.5. The summed E-state index contributed by atoms with van der Waals surface area (Å²) in [6.07, 6.45) is 13.6. The van der Waals surface area contributed by atoms with Crippen LogP contribution in [-0.4, -0.2) is 35.4 Å². The smallest absolute Gasteiger partial charge is 0.337 e. The van der Waals surface area contributed by atoms with Gasteiger partial charge in [-0.05, 0) is 25.4 Å². The van der Waals surface area contributed by atoms with E-state index in [4.69, 9.17) is 13.6 Å². The Hall–Kier alpha value is -0.653. The maximum Gasteiger partial charge on any atom is 0.337 e. The molecule has 0 aromatic carbocycles. The molecule has 0 aliphatic heterocycles. The predicted octanol–water partition coefficient (Wildman–Crippen LogP) is 6.15. The molecule has 0 saturated carbocycles. The lowest BCUT2D eigenvalue weighted by Crippen LogP contribution is -2.39. The van der Waals surface area contributed by atoms with Gasteiger partial charge in [0, 0.05) is 19.8 Å². The van der Waals surface area contributed by atoms with Crippen LogP contribution < -0.4 is 0 Å². The number of rotatable bonds is 18. The molecule has 0 atom stereocenters. The van der Waals surface area contributed by atoms with E-state index >= 15 is 0 Å². The summed E-state index contributed by atoms with van der Waals surface area (Å²) < 4.78 is 16.6. The van der Waals surface area contributed by atoms with Gasteiger partial charge >= 0.3 is 14.5 Å². The largest absolute Gasteiger partial charge is 0.462 e. The molecule has 26 heavy (non-hydrogen) atoms. The Morgan fingerprint density at radius 2 is 1.27 bits per heavy atom. The van der Waals surface area contributed by atoms with Gasteiger partial charge < -0.3 is 13.6 Å². The third-order valence-electron chi connectivity index (χ3n) is 4.91. The molecule has 0 N–H and O–H groups in total. The van der Waals surface area contributed by atoms with Crippen molar-refractivity contribution in [1.29, 1.82) is 0 Å². The maximum atomic E-state index is 11.2. The van der Waals surface area contributed by atoms with Gasteiger partial charge in [0.2, 0.25) is 0 Å². The lowest BCUT2D eigenvalue weighted by atomic mass is 10.1. The van der Waals surface area contributed by atoms with E-state index < -0.39 is 8.56 Å². The van der Waals surface area contributed by atoms with Crippen LogP contribution >= 0.6 is 0 Å². The lowest BCUT2D eigenvalue weighted by Gasteiger charge is -2.27. The van der Waals surface area contributed by atoms with E-state index in [0.29, 0.717) is 12.2 Å². The van der Waals surface area contributed by atoms with E-state index in [1.165, 1.54) is 51.4 Å². The number of carbonyl (C=O) groups excluding carboxylic acids is 1. The molecule has 0 aromatic rings. The summed E-state index contributed by atoms with van der Waals surface area (Å²) in [5.41, 5.74) is 0.479. The molecule has 0 heterocycles. The SMILES string of the molecule is C=C(C)C(=O)OCCCCCCCCCCCC[Si](CCC)(OC)OC. The highest BCUT2D eigenvalue weighted by molar-refractivity contribution is 6.67. The van der Waals surface area contributed by atoms with Gasteiger partial charge in [0.1, 0.15) is 0 Å². The van der Waals surface area contributed by atoms with Crippen molar-refractivity contribution in [3.8, 4) is 0 Å². The zero-order valence-corrected chi connectivity index (χ0v) is 18.7. The van der Waals surface area contributed by atoms with Crippen LogP contribution in [0.25, 0.3) is 0 Å². The Balaban J connectivity index is 3.41. The van der Waals surface area contributed by atoms with Gasteiger partial charge in [0.25, 0.3) is 0 Å². The summed E-state index contributed by atoms with van der Waals surface area (Å²) in [6, 6.07) is 2.23. The summed E-state index contributed by atoms with van der Waals surface area (Å²) in [5.74, 6) is -0.268. The monoisotopic (exact) mass is 386 g/mol. The first-order valence-electron chi connectivity index (χ1n) is 10.4. The average Bonchev–Trinajstić information content (AvgIpc) is 2.64. The molecular weight excluding hydrogens is 344 g/mol. The number of esters is 1. The van der Waals surface area contributed by atoms with Crippen LogP contribution in [0.1, 0.15) is 84.5 Å². The molecule has 0 rings (SSSR count). The molecule has 0 aliphatic carbocycles. The van der Waals surface area contributed by atoms with Crippen LogP contribution in [-0.2, 0) is 18.4 Å². The maximum absolute atomic E-state index is 11.2. The van der Waals surface area contributed by atoms with Crippen molar-refractivity contribution in [1.82, 2.24) is 0 Å². The van der Waals surface area contributed by atoms with Gasteiger partial charge in [-0.15, -0.1) is 0 Å². The van der Waals surface area contributed by atoms with Gasteiger partial charge in [-0.1, -0.05) is 77.7 Å². The number of carbonyl (C=O) groups is 1. The van der Waals surface area contributed by atoms with E-state index in [0.717, 1.165) is 31.4 Å². The molecule has 0 aliphatic rings. The molecule has 0 radical (unpaired) electrons. The molecule has 0 bridgehead atoms. The van der Waals surface area contributed by atoms with Crippen molar-refractivity contribution >= 4 is 14.5 Å². The summed E-state index contributed by atoms with van der Waals surface area (Å²) >= 11 is 0. The number of hydrogen-bond acceptors (Lipinski definition) is 4. The highest BCUT2D eigenvalue weighted by Crippen LogP contribution is 2.23. The lowest BCUT2D eigenvalue weighted by molar-refractivity contribution is -0.139. The fourth-order valence-corrected chi connectivity index (χ4v) is 5.98. The van der Waals surface area contributed by atoms with Crippen LogP contribution in [0.2, 0.25) is 12.1 Å². The molecule has 4 nitrogen and oxygen atoms in total. The second kappa shape index (κ2) is 16.5. The molecule has 0 fully saturated rings. The molecule has 154 valence electrons. The van der Waals surface area contributed by atoms with Crippen LogP contribution in [0.15, 0.2) is 12.2 Å². The summed E-state index contributed by atoms with van der Waals surface area (Å²) in [5, 5.41) is 0. The first-order chi connectivity index (χ1) is 12.5. The third-order valence-corrected chi connectivity index (χ3v) is 8.77. The van der Waals surface area contributed by atoms with Gasteiger partial charge in [-0.25, -0.2) is 4.79 Å². The van der Waals surface area contributed by atoms with E-state index in [1.807, 2.05) is 14.2 Å². The van der Waals surface area contributed by atoms with Crippen molar-refractivity contribution < 1.29 is 18.4 Å². The minimum atomic E-state index is -1.89. The Morgan fingerprint density at radius 1 is 0.808 bits per heavy atom. The highest BCUT2D eigenvalue weighted by atomic mass is 28.4. The van der Waals surface area contributed by atoms with Crippen molar-refractivity contribution in [3.63, 3.8) is 0 Å². The zero-order valence-electron chi connectivity index (χ0n) is 17.7. The quantitative estimate of drug-likeness (QED) is 0.123. The van der Waals surface area contributed by atoms with Crippen molar-refractivity contribution in [2.45, 2.75) is 96.6 Å². The fourth-order valence-electron chi connectivity index (χ4n) is 3.20. The Bertz CT molecular complexity index is 367. The highest BCUT2D eigenvalue weighted by Gasteiger charge is 2.33. The van der Waals surface area contributed by atoms with Crippen molar-refractivity contribution in [3.05, 3.63) is 12.2 Å². The Morgan fingerprint density at radius 3 is 1.69 bits per heavy atom. The summed E-state index contributed by atoms with van der Waals surface area (Å²) in [7, 11) is 1.74. The van der Waals surface area contributed by atoms with E-state index in [9.17, 15) is 4.79 Å². The molecular formula is C21H42O4Si. The molecule has 0 aromatic heterocycles. The minimum absolute atomic E-state index is 0.268. The van der Waals surface area contributed by atoms with Gasteiger partial charge in [-0.3, -0.25) is 0 Å². The van der Waals surface area contributed by atoms with Crippen LogP contribution in [0.5, 0.6) is 0 Å². The number of unbranched alkanes of at least 4 members (excludes halogenated alkanes) is 9. The summed E-state index contributed by atoms with van der Waals surface area (Å²) in [6.45, 7) is 7.98. The average molecular weight is 387 g/mol. The van der Waals surface area contributed by atoms with E-state index in [1.54, 1.807) is 6.92 Å².